The monoisotopic (exact) mass is 380 g/mol. The summed E-state index contributed by atoms with van der Waals surface area (Å²) in [6.07, 6.45) is 2.05. The molecule has 0 amide bonds. The van der Waals surface area contributed by atoms with Gasteiger partial charge in [-0.3, -0.25) is 14.9 Å². The van der Waals surface area contributed by atoms with Gasteiger partial charge in [-0.2, -0.15) is 5.10 Å². The molecule has 0 radical (unpaired) electrons. The first-order valence-corrected chi connectivity index (χ1v) is 7.80. The van der Waals surface area contributed by atoms with E-state index in [-0.39, 0.29) is 28.6 Å². The number of hydrogen-bond acceptors (Lipinski definition) is 4. The second kappa shape index (κ2) is 6.68. The van der Waals surface area contributed by atoms with Gasteiger partial charge in [0.05, 0.1) is 21.9 Å². The maximum Gasteiger partial charge on any atom is 0.307 e. The van der Waals surface area contributed by atoms with Crippen LogP contribution in [0.4, 0.5) is 14.5 Å². The van der Waals surface area contributed by atoms with Gasteiger partial charge in [0, 0.05) is 6.54 Å². The molecule has 2 aromatic heterocycles. The summed E-state index contributed by atoms with van der Waals surface area (Å²) in [5.41, 5.74) is -1.49. The van der Waals surface area contributed by atoms with Crippen molar-refractivity contribution in [2.75, 3.05) is 0 Å². The normalized spacial score (nSPS) is 10.9. The molecule has 0 saturated heterocycles. The van der Waals surface area contributed by atoms with Gasteiger partial charge in [0.15, 0.2) is 0 Å². The van der Waals surface area contributed by atoms with Crippen molar-refractivity contribution in [3.05, 3.63) is 73.8 Å². The van der Waals surface area contributed by atoms with Crippen LogP contribution in [0.2, 0.25) is 5.02 Å². The Labute approximate surface area is 150 Å². The summed E-state index contributed by atoms with van der Waals surface area (Å²) in [5.74, 6) is -1.78. The zero-order valence-corrected chi connectivity index (χ0v) is 14.1. The highest BCUT2D eigenvalue weighted by molar-refractivity contribution is 6.30. The number of hydrogen-bond donors (Lipinski definition) is 0. The van der Waals surface area contributed by atoms with Crippen molar-refractivity contribution in [3.8, 4) is 16.9 Å². The van der Waals surface area contributed by atoms with Gasteiger partial charge in [-0.15, -0.1) is 0 Å². The predicted octanol–water partition coefficient (Wildman–Crippen LogP) is 3.56. The molecule has 1 aromatic carbocycles. The van der Waals surface area contributed by atoms with E-state index in [4.69, 9.17) is 11.6 Å². The number of nitrogens with zero attached hydrogens (tertiary/aromatic N) is 4. The number of rotatable bonds is 4. The molecule has 134 valence electrons. The predicted molar refractivity (Wildman–Crippen MR) is 90.5 cm³/mol. The molecule has 3 rings (SSSR count). The lowest BCUT2D eigenvalue weighted by atomic mass is 10.1. The van der Waals surface area contributed by atoms with Crippen molar-refractivity contribution < 1.29 is 13.7 Å². The molecular weight excluding hydrogens is 370 g/mol. The smallest absolute Gasteiger partial charge is 0.305 e. The molecule has 0 saturated carbocycles. The van der Waals surface area contributed by atoms with Gasteiger partial charge in [-0.05, 0) is 25.1 Å². The molecule has 0 bridgehead atoms. The summed E-state index contributed by atoms with van der Waals surface area (Å²) in [5, 5.41) is 14.6. The van der Waals surface area contributed by atoms with E-state index in [0.717, 1.165) is 33.8 Å². The fourth-order valence-corrected chi connectivity index (χ4v) is 2.83. The van der Waals surface area contributed by atoms with Crippen molar-refractivity contribution in [3.63, 3.8) is 0 Å². The molecule has 26 heavy (non-hydrogen) atoms. The van der Waals surface area contributed by atoms with Crippen molar-refractivity contribution in [2.24, 2.45) is 0 Å². The van der Waals surface area contributed by atoms with Crippen LogP contribution in [0.5, 0.6) is 0 Å². The van der Waals surface area contributed by atoms with Crippen LogP contribution in [-0.2, 0) is 6.54 Å². The summed E-state index contributed by atoms with van der Waals surface area (Å²) < 4.78 is 30.9. The van der Waals surface area contributed by atoms with E-state index >= 15 is 0 Å². The van der Waals surface area contributed by atoms with Crippen LogP contribution >= 0.6 is 11.6 Å². The highest BCUT2D eigenvalue weighted by Gasteiger charge is 2.23. The van der Waals surface area contributed by atoms with Crippen LogP contribution in [-0.4, -0.2) is 19.3 Å². The van der Waals surface area contributed by atoms with Crippen molar-refractivity contribution in [2.45, 2.75) is 13.5 Å². The third kappa shape index (κ3) is 2.86. The van der Waals surface area contributed by atoms with E-state index in [0.29, 0.717) is 0 Å². The van der Waals surface area contributed by atoms with Crippen LogP contribution in [0.15, 0.2) is 41.5 Å². The quantitative estimate of drug-likeness (QED) is 0.512. The molecule has 2 heterocycles. The zero-order chi connectivity index (χ0) is 19.0. The number of pyridine rings is 1. The largest absolute Gasteiger partial charge is 0.307 e. The van der Waals surface area contributed by atoms with Gasteiger partial charge in [0.2, 0.25) is 0 Å². The molecular formula is C16H11ClF2N4O3. The summed E-state index contributed by atoms with van der Waals surface area (Å²) in [6, 6.07) is 4.46. The Morgan fingerprint density at radius 2 is 1.96 bits per heavy atom. The minimum atomic E-state index is -0.892. The highest BCUT2D eigenvalue weighted by atomic mass is 35.5. The Morgan fingerprint density at radius 1 is 1.31 bits per heavy atom. The SMILES string of the molecule is CCn1c(-c2c(F)cccc2F)c(-n2cc([N+](=O)[O-])cn2)cc(Cl)c1=O. The number of halogens is 3. The lowest BCUT2D eigenvalue weighted by Crippen LogP contribution is -2.24. The number of nitro groups is 1. The van der Waals surface area contributed by atoms with Crippen LogP contribution in [0, 0.1) is 21.7 Å². The molecule has 0 aliphatic carbocycles. The topological polar surface area (TPSA) is 83.0 Å². The van der Waals surface area contributed by atoms with Crippen LogP contribution in [0.3, 0.4) is 0 Å². The molecule has 10 heteroatoms. The molecule has 7 nitrogen and oxygen atoms in total. The Morgan fingerprint density at radius 3 is 2.50 bits per heavy atom. The third-order valence-corrected chi connectivity index (χ3v) is 4.04. The third-order valence-electron chi connectivity index (χ3n) is 3.77. The molecule has 0 aliphatic heterocycles. The first kappa shape index (κ1) is 17.7. The Hall–Kier alpha value is -3.07. The van der Waals surface area contributed by atoms with E-state index in [1.807, 2.05) is 0 Å². The zero-order valence-electron chi connectivity index (χ0n) is 13.3. The average Bonchev–Trinajstić information content (AvgIpc) is 3.08. The van der Waals surface area contributed by atoms with Gasteiger partial charge < -0.3 is 4.57 Å². The molecule has 3 aromatic rings. The standard InChI is InChI=1S/C16H11ClF2N4O3/c1-2-21-15(14-11(18)4-3-5-12(14)19)13(6-10(17)16(21)24)22-8-9(7-20-22)23(25)26/h3-8H,2H2,1H3. The van der Waals surface area contributed by atoms with Crippen LogP contribution in [0.25, 0.3) is 16.9 Å². The van der Waals surface area contributed by atoms with Gasteiger partial charge in [-0.25, -0.2) is 13.5 Å². The summed E-state index contributed by atoms with van der Waals surface area (Å²) in [6.45, 7) is 1.67. The van der Waals surface area contributed by atoms with Crippen LogP contribution in [0.1, 0.15) is 6.92 Å². The van der Waals surface area contributed by atoms with Gasteiger partial charge in [-0.1, -0.05) is 17.7 Å². The summed E-state index contributed by atoms with van der Waals surface area (Å²) >= 11 is 5.96. The second-order valence-corrected chi connectivity index (χ2v) is 5.68. The maximum atomic E-state index is 14.4. The Balaban J connectivity index is 2.43. The fourth-order valence-electron chi connectivity index (χ4n) is 2.62. The van der Waals surface area contributed by atoms with E-state index in [9.17, 15) is 23.7 Å². The van der Waals surface area contributed by atoms with Crippen LogP contribution < -0.4 is 5.56 Å². The van der Waals surface area contributed by atoms with E-state index in [1.165, 1.54) is 12.1 Å². The van der Waals surface area contributed by atoms with Gasteiger partial charge >= 0.3 is 5.69 Å². The minimum Gasteiger partial charge on any atom is -0.305 e. The first-order chi connectivity index (χ1) is 12.3. The molecule has 0 unspecified atom stereocenters. The molecule has 0 spiro atoms. The van der Waals surface area contributed by atoms with Crippen molar-refractivity contribution in [1.82, 2.24) is 14.3 Å². The van der Waals surface area contributed by atoms with Gasteiger partial charge in [0.1, 0.15) is 29.1 Å². The first-order valence-electron chi connectivity index (χ1n) is 7.42. The molecule has 0 atom stereocenters. The van der Waals surface area contributed by atoms with Crippen molar-refractivity contribution in [1.29, 1.82) is 0 Å². The van der Waals surface area contributed by atoms with E-state index in [2.05, 4.69) is 5.10 Å². The second-order valence-electron chi connectivity index (χ2n) is 5.27. The number of benzene rings is 1. The number of aromatic nitrogens is 3. The summed E-state index contributed by atoms with van der Waals surface area (Å²) in [4.78, 5) is 22.6. The van der Waals surface area contributed by atoms with Crippen molar-refractivity contribution >= 4 is 17.3 Å². The van der Waals surface area contributed by atoms with E-state index < -0.39 is 27.7 Å². The lowest BCUT2D eigenvalue weighted by molar-refractivity contribution is -0.384. The van der Waals surface area contributed by atoms with E-state index in [1.54, 1.807) is 6.92 Å². The summed E-state index contributed by atoms with van der Waals surface area (Å²) in [7, 11) is 0. The molecule has 0 aliphatic rings. The maximum absolute atomic E-state index is 14.4. The Bertz CT molecular complexity index is 1060. The minimum absolute atomic E-state index is 0.0357. The highest BCUT2D eigenvalue weighted by Crippen LogP contribution is 2.32. The van der Waals surface area contributed by atoms with Gasteiger partial charge in [0.25, 0.3) is 5.56 Å². The lowest BCUT2D eigenvalue weighted by Gasteiger charge is -2.17. The Kier molecular flexibility index (Phi) is 4.56. The molecule has 0 N–H and O–H groups in total. The average molecular weight is 381 g/mol. The fraction of sp³-hybridized carbons (Fsp3) is 0.125. The molecule has 0 fully saturated rings.